The van der Waals surface area contributed by atoms with Gasteiger partial charge in [-0.05, 0) is 12.8 Å². The molecule has 0 saturated heterocycles. The summed E-state index contributed by atoms with van der Waals surface area (Å²) in [6, 6.07) is 0. The van der Waals surface area contributed by atoms with E-state index in [0.717, 1.165) is 12.8 Å². The van der Waals surface area contributed by atoms with Crippen molar-refractivity contribution < 1.29 is 9.84 Å². The Hall–Kier alpha value is -0.0900. The minimum atomic E-state index is -0.460. The number of rotatable bonds is 7. The summed E-state index contributed by atoms with van der Waals surface area (Å²) in [5.74, 6) is 0. The van der Waals surface area contributed by atoms with Crippen LogP contribution in [0.2, 0.25) is 0 Å². The lowest BCUT2D eigenvalue weighted by molar-refractivity contribution is -0.0227. The zero-order valence-electron chi connectivity index (χ0n) is 9.75. The fourth-order valence-electron chi connectivity index (χ4n) is 1.91. The number of hydrogen-bond acceptors (Lipinski definition) is 3. The Bertz CT molecular complexity index is 205. The molecule has 0 bridgehead atoms. The van der Waals surface area contributed by atoms with Crippen LogP contribution < -0.4 is 5.32 Å². The van der Waals surface area contributed by atoms with Crippen LogP contribution >= 0.6 is 11.6 Å². The van der Waals surface area contributed by atoms with Gasteiger partial charge >= 0.3 is 0 Å². The molecular formula is C12H22ClNO2. The second-order valence-corrected chi connectivity index (χ2v) is 4.93. The zero-order valence-corrected chi connectivity index (χ0v) is 10.5. The van der Waals surface area contributed by atoms with E-state index in [1.165, 1.54) is 19.3 Å². The molecule has 0 amide bonds. The number of nitrogens with one attached hydrogen (secondary N) is 1. The number of ether oxygens (including phenoxy) is 1. The van der Waals surface area contributed by atoms with Crippen molar-refractivity contribution >= 4 is 11.6 Å². The molecule has 1 aliphatic carbocycles. The average molecular weight is 248 g/mol. The number of aliphatic hydroxyl groups is 1. The van der Waals surface area contributed by atoms with Gasteiger partial charge in [-0.1, -0.05) is 37.4 Å². The van der Waals surface area contributed by atoms with Crippen LogP contribution in [0.3, 0.4) is 0 Å². The normalized spacial score (nSPS) is 19.6. The van der Waals surface area contributed by atoms with Crippen molar-refractivity contribution in [1.29, 1.82) is 0 Å². The maximum Gasteiger partial charge on any atom is 0.0897 e. The highest BCUT2D eigenvalue weighted by atomic mass is 35.5. The first-order valence-electron chi connectivity index (χ1n) is 6.02. The minimum Gasteiger partial charge on any atom is -0.389 e. The van der Waals surface area contributed by atoms with E-state index in [1.54, 1.807) is 0 Å². The number of halogens is 1. The Balaban J connectivity index is 2.00. The van der Waals surface area contributed by atoms with Gasteiger partial charge in [0.25, 0.3) is 0 Å². The van der Waals surface area contributed by atoms with Crippen molar-refractivity contribution in [2.75, 3.05) is 19.7 Å². The van der Waals surface area contributed by atoms with Gasteiger partial charge < -0.3 is 15.2 Å². The summed E-state index contributed by atoms with van der Waals surface area (Å²) in [4.78, 5) is 0. The van der Waals surface area contributed by atoms with Gasteiger partial charge in [0.05, 0.1) is 18.8 Å². The third kappa shape index (κ3) is 6.48. The first-order valence-corrected chi connectivity index (χ1v) is 6.40. The van der Waals surface area contributed by atoms with Gasteiger partial charge in [0.2, 0.25) is 0 Å². The lowest BCUT2D eigenvalue weighted by Crippen LogP contribution is -2.33. The van der Waals surface area contributed by atoms with E-state index in [4.69, 9.17) is 16.3 Å². The second-order valence-electron chi connectivity index (χ2n) is 4.40. The molecule has 0 radical (unpaired) electrons. The molecule has 0 heterocycles. The van der Waals surface area contributed by atoms with Crippen LogP contribution in [0, 0.1) is 0 Å². The number of aliphatic hydroxyl groups excluding tert-OH is 1. The smallest absolute Gasteiger partial charge is 0.0897 e. The van der Waals surface area contributed by atoms with E-state index in [1.807, 2.05) is 0 Å². The Morgan fingerprint density at radius 3 is 2.75 bits per heavy atom. The summed E-state index contributed by atoms with van der Waals surface area (Å²) < 4.78 is 5.66. The average Bonchev–Trinajstić information content (AvgIpc) is 2.27. The molecule has 16 heavy (non-hydrogen) atoms. The van der Waals surface area contributed by atoms with Crippen LogP contribution in [-0.2, 0) is 4.74 Å². The van der Waals surface area contributed by atoms with E-state index in [-0.39, 0.29) is 0 Å². The summed E-state index contributed by atoms with van der Waals surface area (Å²) in [5.41, 5.74) is 0. The van der Waals surface area contributed by atoms with Crippen LogP contribution in [-0.4, -0.2) is 37.0 Å². The van der Waals surface area contributed by atoms with Crippen molar-refractivity contribution in [1.82, 2.24) is 5.32 Å². The molecule has 0 aliphatic heterocycles. The van der Waals surface area contributed by atoms with Crippen molar-refractivity contribution in [3.05, 3.63) is 11.6 Å². The van der Waals surface area contributed by atoms with E-state index >= 15 is 0 Å². The molecular weight excluding hydrogens is 226 g/mol. The Labute approximate surface area is 103 Å². The van der Waals surface area contributed by atoms with Gasteiger partial charge in [-0.2, -0.15) is 0 Å². The molecule has 0 spiro atoms. The molecule has 3 nitrogen and oxygen atoms in total. The van der Waals surface area contributed by atoms with Crippen LogP contribution in [0.4, 0.5) is 0 Å². The monoisotopic (exact) mass is 247 g/mol. The summed E-state index contributed by atoms with van der Waals surface area (Å²) in [7, 11) is 0. The molecule has 1 saturated carbocycles. The molecule has 0 aromatic heterocycles. The summed E-state index contributed by atoms with van der Waals surface area (Å²) in [6.07, 6.45) is 6.00. The lowest BCUT2D eigenvalue weighted by atomic mass is 9.98. The molecule has 0 aromatic carbocycles. The maximum absolute atomic E-state index is 9.63. The third-order valence-corrected chi connectivity index (χ3v) is 2.91. The quantitative estimate of drug-likeness (QED) is 0.724. The van der Waals surface area contributed by atoms with Crippen LogP contribution in [0.15, 0.2) is 11.6 Å². The standard InChI is InChI=1S/C12H22ClNO2/c1-10(13)7-14-8-11(15)9-16-12-5-3-2-4-6-12/h11-12,14-15H,1-9H2. The van der Waals surface area contributed by atoms with Crippen molar-refractivity contribution in [2.45, 2.75) is 44.3 Å². The molecule has 2 N–H and O–H groups in total. The molecule has 1 fully saturated rings. The topological polar surface area (TPSA) is 41.5 Å². The van der Waals surface area contributed by atoms with Gasteiger partial charge in [-0.15, -0.1) is 0 Å². The van der Waals surface area contributed by atoms with Gasteiger partial charge in [-0.25, -0.2) is 0 Å². The predicted octanol–water partition coefficient (Wildman–Crippen LogP) is 2.04. The van der Waals surface area contributed by atoms with Gasteiger partial charge in [0.1, 0.15) is 0 Å². The maximum atomic E-state index is 9.63. The summed E-state index contributed by atoms with van der Waals surface area (Å²) in [6.45, 7) is 5.00. The van der Waals surface area contributed by atoms with E-state index in [0.29, 0.717) is 30.8 Å². The first kappa shape index (κ1) is 14.0. The third-order valence-electron chi connectivity index (χ3n) is 2.77. The predicted molar refractivity (Wildman–Crippen MR) is 66.7 cm³/mol. The minimum absolute atomic E-state index is 0.353. The Morgan fingerprint density at radius 2 is 2.12 bits per heavy atom. The van der Waals surface area contributed by atoms with Crippen molar-refractivity contribution in [3.8, 4) is 0 Å². The van der Waals surface area contributed by atoms with E-state index < -0.39 is 6.10 Å². The number of hydrogen-bond donors (Lipinski definition) is 2. The summed E-state index contributed by atoms with van der Waals surface area (Å²) in [5, 5.41) is 13.2. The second kappa shape index (κ2) is 8.07. The van der Waals surface area contributed by atoms with Gasteiger partial charge in [0.15, 0.2) is 0 Å². The molecule has 1 unspecified atom stereocenters. The van der Waals surface area contributed by atoms with Crippen LogP contribution in [0.5, 0.6) is 0 Å². The fraction of sp³-hybridized carbons (Fsp3) is 0.833. The fourth-order valence-corrected chi connectivity index (χ4v) is 2.01. The van der Waals surface area contributed by atoms with Crippen molar-refractivity contribution in [3.63, 3.8) is 0 Å². The SMILES string of the molecule is C=C(Cl)CNCC(O)COC1CCCCC1. The molecule has 94 valence electrons. The zero-order chi connectivity index (χ0) is 11.8. The molecule has 1 rings (SSSR count). The van der Waals surface area contributed by atoms with E-state index in [9.17, 15) is 5.11 Å². The highest BCUT2D eigenvalue weighted by molar-refractivity contribution is 6.29. The highest BCUT2D eigenvalue weighted by Crippen LogP contribution is 2.20. The van der Waals surface area contributed by atoms with Crippen LogP contribution in [0.1, 0.15) is 32.1 Å². The van der Waals surface area contributed by atoms with Gasteiger partial charge in [-0.3, -0.25) is 0 Å². The molecule has 0 aromatic rings. The van der Waals surface area contributed by atoms with E-state index in [2.05, 4.69) is 11.9 Å². The molecule has 1 atom stereocenters. The van der Waals surface area contributed by atoms with Gasteiger partial charge in [0, 0.05) is 18.1 Å². The summed E-state index contributed by atoms with van der Waals surface area (Å²) >= 11 is 5.59. The largest absolute Gasteiger partial charge is 0.389 e. The Morgan fingerprint density at radius 1 is 1.44 bits per heavy atom. The van der Waals surface area contributed by atoms with Crippen molar-refractivity contribution in [2.24, 2.45) is 0 Å². The lowest BCUT2D eigenvalue weighted by Gasteiger charge is -2.23. The molecule has 4 heteroatoms. The van der Waals surface area contributed by atoms with Crippen LogP contribution in [0.25, 0.3) is 0 Å². The highest BCUT2D eigenvalue weighted by Gasteiger charge is 2.15. The Kier molecular flexibility index (Phi) is 7.05. The first-order chi connectivity index (χ1) is 7.68. The molecule has 1 aliphatic rings.